The molecule has 9 heteroatoms. The smallest absolute Gasteiger partial charge is 0.282 e. The summed E-state index contributed by atoms with van der Waals surface area (Å²) in [5, 5.41) is 27.3. The first-order valence-corrected chi connectivity index (χ1v) is 11.5. The van der Waals surface area contributed by atoms with Crippen LogP contribution >= 0.6 is 11.8 Å². The molecule has 0 radical (unpaired) electrons. The summed E-state index contributed by atoms with van der Waals surface area (Å²) in [4.78, 5) is 27.3. The highest BCUT2D eigenvalue weighted by molar-refractivity contribution is 8.27. The highest BCUT2D eigenvalue weighted by Gasteiger charge is 2.55. The van der Waals surface area contributed by atoms with Gasteiger partial charge in [0.05, 0.1) is 10.5 Å². The van der Waals surface area contributed by atoms with Crippen molar-refractivity contribution < 1.29 is 9.72 Å². The number of nitrogens with zero attached hydrogens (tertiary/aromatic N) is 4. The number of nitro groups is 1. The first-order chi connectivity index (χ1) is 14.9. The Hall–Kier alpha value is -2.81. The van der Waals surface area contributed by atoms with Crippen molar-refractivity contribution in [1.29, 1.82) is 5.41 Å². The Balaban J connectivity index is 1.30. The van der Waals surface area contributed by atoms with Crippen LogP contribution in [-0.2, 0) is 4.79 Å². The van der Waals surface area contributed by atoms with Gasteiger partial charge in [-0.05, 0) is 91.8 Å². The molecule has 0 aromatic heterocycles. The summed E-state index contributed by atoms with van der Waals surface area (Å²) in [7, 11) is 0. The van der Waals surface area contributed by atoms with Gasteiger partial charge in [-0.15, -0.1) is 0 Å². The Morgan fingerprint density at radius 2 is 1.74 bits per heavy atom. The lowest BCUT2D eigenvalue weighted by Gasteiger charge is -2.56. The Morgan fingerprint density at radius 3 is 2.32 bits per heavy atom. The first-order valence-electron chi connectivity index (χ1n) is 10.7. The van der Waals surface area contributed by atoms with Crippen LogP contribution in [0.3, 0.4) is 0 Å². The van der Waals surface area contributed by atoms with Crippen LogP contribution in [0.4, 0.5) is 5.69 Å². The number of carbonyl (C=O) groups is 1. The van der Waals surface area contributed by atoms with Crippen LogP contribution in [0.25, 0.3) is 6.08 Å². The average Bonchev–Trinajstić information content (AvgIpc) is 3.15. The Kier molecular flexibility index (Phi) is 4.02. The van der Waals surface area contributed by atoms with E-state index in [-0.39, 0.29) is 22.5 Å². The second-order valence-corrected chi connectivity index (χ2v) is 10.4. The summed E-state index contributed by atoms with van der Waals surface area (Å²) in [6.07, 6.45) is 9.09. The molecule has 158 valence electrons. The lowest BCUT2D eigenvalue weighted by Crippen LogP contribution is -2.49. The van der Waals surface area contributed by atoms with Crippen LogP contribution in [0.2, 0.25) is 0 Å². The third-order valence-electron chi connectivity index (χ3n) is 7.36. The van der Waals surface area contributed by atoms with Crippen molar-refractivity contribution in [2.45, 2.75) is 38.5 Å². The molecular weight excluding hydrogens is 414 g/mol. The van der Waals surface area contributed by atoms with Crippen molar-refractivity contribution in [3.63, 3.8) is 0 Å². The Bertz CT molecular complexity index is 1090. The van der Waals surface area contributed by atoms with E-state index in [0.717, 1.165) is 22.8 Å². The van der Waals surface area contributed by atoms with Crippen molar-refractivity contribution in [1.82, 2.24) is 5.01 Å². The minimum absolute atomic E-state index is 0.0144. The van der Waals surface area contributed by atoms with E-state index in [2.05, 4.69) is 4.99 Å². The molecule has 1 N–H and O–H groups in total. The zero-order valence-corrected chi connectivity index (χ0v) is 17.6. The molecule has 7 rings (SSSR count). The maximum absolute atomic E-state index is 12.7. The number of hydrogen-bond donors (Lipinski definition) is 1. The molecular formula is C22H21N5O3S. The number of benzene rings is 1. The predicted octanol–water partition coefficient (Wildman–Crippen LogP) is 4.43. The Morgan fingerprint density at radius 1 is 1.13 bits per heavy atom. The van der Waals surface area contributed by atoms with E-state index < -0.39 is 10.8 Å². The van der Waals surface area contributed by atoms with E-state index >= 15 is 0 Å². The fourth-order valence-electron chi connectivity index (χ4n) is 6.44. The number of thioether (sulfide) groups is 1. The number of non-ortho nitro benzene ring substituents is 1. The van der Waals surface area contributed by atoms with Gasteiger partial charge in [0, 0.05) is 17.5 Å². The third-order valence-corrected chi connectivity index (χ3v) is 8.52. The van der Waals surface area contributed by atoms with Gasteiger partial charge in [-0.25, -0.2) is 0 Å². The van der Waals surface area contributed by atoms with Gasteiger partial charge >= 0.3 is 0 Å². The second-order valence-electron chi connectivity index (χ2n) is 9.47. The highest BCUT2D eigenvalue weighted by atomic mass is 32.2. The van der Waals surface area contributed by atoms with E-state index in [4.69, 9.17) is 10.5 Å². The summed E-state index contributed by atoms with van der Waals surface area (Å²) in [6, 6.07) is 5.89. The lowest BCUT2D eigenvalue weighted by molar-refractivity contribution is -0.384. The van der Waals surface area contributed by atoms with Gasteiger partial charge in [-0.2, -0.15) is 15.1 Å². The molecule has 8 nitrogen and oxygen atoms in total. The third kappa shape index (κ3) is 2.97. The zero-order chi connectivity index (χ0) is 21.3. The first kappa shape index (κ1) is 18.9. The van der Waals surface area contributed by atoms with Gasteiger partial charge in [-0.1, -0.05) is 0 Å². The number of nitro benzene ring substituents is 1. The van der Waals surface area contributed by atoms with Gasteiger partial charge in [0.15, 0.2) is 5.84 Å². The van der Waals surface area contributed by atoms with E-state index in [0.29, 0.717) is 10.7 Å². The number of carbonyl (C=O) groups excluding carboxylic acids is 1. The molecule has 6 aliphatic rings. The number of aliphatic imine (C=N–C) groups is 1. The molecule has 0 unspecified atom stereocenters. The summed E-state index contributed by atoms with van der Waals surface area (Å²) < 4.78 is 0. The molecule has 2 heterocycles. The normalized spacial score (nSPS) is 34.8. The molecule has 4 bridgehead atoms. The summed E-state index contributed by atoms with van der Waals surface area (Å²) in [5.41, 5.74) is 0.821. The average molecular weight is 436 g/mol. The van der Waals surface area contributed by atoms with Crippen molar-refractivity contribution in [2.75, 3.05) is 0 Å². The molecule has 4 fully saturated rings. The van der Waals surface area contributed by atoms with Crippen LogP contribution in [-0.4, -0.2) is 31.9 Å². The SMILES string of the molecule is N=C1C(=Cc2ccc([N+](=O)[O-])cc2)C(=O)N=C2SC(C34CC5CC(CC(C5)C3)C4)=NN12. The number of rotatable bonds is 3. The van der Waals surface area contributed by atoms with Crippen molar-refractivity contribution >= 4 is 45.5 Å². The minimum Gasteiger partial charge on any atom is -0.282 e. The fraction of sp³-hybridized carbons (Fsp3) is 0.455. The van der Waals surface area contributed by atoms with E-state index in [1.807, 2.05) is 0 Å². The monoisotopic (exact) mass is 435 g/mol. The number of fused-ring (bicyclic) bond motifs is 1. The number of hydrogen-bond acceptors (Lipinski definition) is 6. The molecule has 4 saturated carbocycles. The predicted molar refractivity (Wildman–Crippen MR) is 119 cm³/mol. The van der Waals surface area contributed by atoms with Crippen LogP contribution in [0.15, 0.2) is 39.9 Å². The molecule has 0 saturated heterocycles. The van der Waals surface area contributed by atoms with Gasteiger partial charge in [0.1, 0.15) is 5.04 Å². The van der Waals surface area contributed by atoms with Gasteiger partial charge < -0.3 is 0 Å². The van der Waals surface area contributed by atoms with E-state index in [1.165, 1.54) is 67.4 Å². The zero-order valence-electron chi connectivity index (χ0n) is 16.8. The molecule has 1 aromatic rings. The molecule has 0 atom stereocenters. The topological polar surface area (TPSA) is 112 Å². The highest BCUT2D eigenvalue weighted by Crippen LogP contribution is 2.62. The second kappa shape index (κ2) is 6.59. The van der Waals surface area contributed by atoms with Gasteiger partial charge in [0.2, 0.25) is 5.17 Å². The summed E-state index contributed by atoms with van der Waals surface area (Å²) in [6.45, 7) is 0. The molecule has 2 aliphatic heterocycles. The fourth-order valence-corrected chi connectivity index (χ4v) is 7.55. The summed E-state index contributed by atoms with van der Waals surface area (Å²) >= 11 is 1.47. The van der Waals surface area contributed by atoms with Crippen molar-refractivity contribution in [3.05, 3.63) is 45.5 Å². The van der Waals surface area contributed by atoms with Crippen molar-refractivity contribution in [3.8, 4) is 0 Å². The summed E-state index contributed by atoms with van der Waals surface area (Å²) in [5.74, 6) is 1.90. The quantitative estimate of drug-likeness (QED) is 0.429. The maximum Gasteiger partial charge on any atom is 0.283 e. The molecule has 0 spiro atoms. The standard InChI is InChI=1S/C22H21N5O3S/c23-18-17(8-12-1-3-16(4-2-12)27(29)30)19(28)24-21-26(18)25-20(31-21)22-9-13-5-14(10-22)7-15(6-13)11-22/h1-4,8,13-15,23H,5-7,9-11H2. The largest absolute Gasteiger partial charge is 0.283 e. The van der Waals surface area contributed by atoms with Gasteiger partial charge in [0.25, 0.3) is 11.6 Å². The minimum atomic E-state index is -0.469. The molecule has 4 aliphatic carbocycles. The van der Waals surface area contributed by atoms with E-state index in [9.17, 15) is 14.9 Å². The molecule has 31 heavy (non-hydrogen) atoms. The van der Waals surface area contributed by atoms with E-state index in [1.54, 1.807) is 18.2 Å². The van der Waals surface area contributed by atoms with Crippen LogP contribution in [0.5, 0.6) is 0 Å². The van der Waals surface area contributed by atoms with Crippen molar-refractivity contribution in [2.24, 2.45) is 33.3 Å². The number of nitrogens with one attached hydrogen (secondary N) is 1. The lowest BCUT2D eigenvalue weighted by atomic mass is 9.50. The number of amides is 1. The van der Waals surface area contributed by atoms with Crippen LogP contribution in [0.1, 0.15) is 44.1 Å². The Labute approximate surface area is 183 Å². The maximum atomic E-state index is 12.7. The van der Waals surface area contributed by atoms with Crippen LogP contribution < -0.4 is 0 Å². The van der Waals surface area contributed by atoms with Crippen LogP contribution in [0, 0.1) is 38.7 Å². The number of amidine groups is 2. The number of hydrazone groups is 1. The van der Waals surface area contributed by atoms with Gasteiger partial charge in [-0.3, -0.25) is 20.3 Å². The molecule has 1 aromatic carbocycles. The molecule has 1 amide bonds.